The van der Waals surface area contributed by atoms with Gasteiger partial charge in [-0.15, -0.1) is 0 Å². The summed E-state index contributed by atoms with van der Waals surface area (Å²) in [5, 5.41) is 11.4. The molecule has 1 aromatic carbocycles. The van der Waals surface area contributed by atoms with Gasteiger partial charge in [0.25, 0.3) is 5.91 Å². The number of aliphatic hydroxyl groups is 1. The van der Waals surface area contributed by atoms with Crippen molar-refractivity contribution in [2.75, 3.05) is 32.1 Å². The third-order valence-electron chi connectivity index (χ3n) is 3.58. The molecular weight excluding hydrogens is 445 g/mol. The molecule has 2 rings (SSSR count). The molecule has 2 N–H and O–H groups in total. The van der Waals surface area contributed by atoms with Crippen LogP contribution in [0.1, 0.15) is 5.56 Å². The molecule has 0 radical (unpaired) electrons. The van der Waals surface area contributed by atoms with Gasteiger partial charge in [0, 0.05) is 11.0 Å². The molecule has 1 aliphatic heterocycles. The van der Waals surface area contributed by atoms with Gasteiger partial charge >= 0.3 is 12.1 Å². The van der Waals surface area contributed by atoms with E-state index in [0.29, 0.717) is 0 Å². The van der Waals surface area contributed by atoms with E-state index < -0.39 is 23.6 Å². The van der Waals surface area contributed by atoms with Crippen molar-refractivity contribution < 1.29 is 32.6 Å². The van der Waals surface area contributed by atoms with E-state index in [9.17, 15) is 22.8 Å². The Balaban J connectivity index is 2.47. The van der Waals surface area contributed by atoms with E-state index in [1.54, 1.807) is 0 Å². The van der Waals surface area contributed by atoms with Crippen LogP contribution in [0.4, 0.5) is 18.9 Å². The van der Waals surface area contributed by atoms with Crippen LogP contribution in [0.25, 0.3) is 0 Å². The number of anilines is 1. The third-order valence-corrected chi connectivity index (χ3v) is 4.54. The molecule has 0 atom stereocenters. The molecule has 0 aliphatic carbocycles. The quantitative estimate of drug-likeness (QED) is 0.665. The second kappa shape index (κ2) is 7.85. The molecule has 142 valence electrons. The number of nitrogens with one attached hydrogen (secondary N) is 1. The first-order valence-corrected chi connectivity index (χ1v) is 8.32. The number of amides is 1. The number of aliphatic hydroxyl groups excluding tert-OH is 1. The summed E-state index contributed by atoms with van der Waals surface area (Å²) in [6, 6.07) is 1.77. The summed E-state index contributed by atoms with van der Waals surface area (Å²) in [6.07, 6.45) is -4.65. The number of esters is 1. The minimum absolute atomic E-state index is 0.0492. The molecule has 1 aliphatic rings. The molecule has 0 unspecified atom stereocenters. The fourth-order valence-corrected chi connectivity index (χ4v) is 3.26. The second-order valence-corrected chi connectivity index (χ2v) is 6.49. The Labute approximate surface area is 159 Å². The fourth-order valence-electron chi connectivity index (χ4n) is 2.35. The highest BCUT2D eigenvalue weighted by molar-refractivity contribution is 9.10. The van der Waals surface area contributed by atoms with Crippen LogP contribution in [0.15, 0.2) is 27.9 Å². The highest BCUT2D eigenvalue weighted by Gasteiger charge is 2.37. The zero-order valence-electron chi connectivity index (χ0n) is 13.3. The van der Waals surface area contributed by atoms with Gasteiger partial charge in [-0.3, -0.25) is 4.79 Å². The van der Waals surface area contributed by atoms with Crippen molar-refractivity contribution in [3.8, 4) is 0 Å². The van der Waals surface area contributed by atoms with Crippen molar-refractivity contribution in [2.24, 2.45) is 0 Å². The number of carbonyl (C=O) groups is 2. The van der Waals surface area contributed by atoms with E-state index in [1.165, 1.54) is 0 Å². The smallest absolute Gasteiger partial charge is 0.417 e. The van der Waals surface area contributed by atoms with E-state index in [4.69, 9.17) is 16.7 Å². The Morgan fingerprint density at radius 3 is 2.65 bits per heavy atom. The van der Waals surface area contributed by atoms with Crippen molar-refractivity contribution in [3.05, 3.63) is 38.5 Å². The largest absolute Gasteiger partial charge is 0.466 e. The summed E-state index contributed by atoms with van der Waals surface area (Å²) in [4.78, 5) is 25.5. The van der Waals surface area contributed by atoms with Gasteiger partial charge in [-0.25, -0.2) is 4.79 Å². The zero-order valence-corrected chi connectivity index (χ0v) is 15.6. The van der Waals surface area contributed by atoms with Crippen molar-refractivity contribution in [1.29, 1.82) is 0 Å². The maximum Gasteiger partial charge on any atom is 0.417 e. The highest BCUT2D eigenvalue weighted by atomic mass is 79.9. The number of alkyl halides is 3. The van der Waals surface area contributed by atoms with E-state index in [-0.39, 0.29) is 46.1 Å². The number of β-amino-alcohol motifs (C(OH)–C–C–N with tert-alkyl or cyclic N) is 1. The van der Waals surface area contributed by atoms with Gasteiger partial charge in [-0.2, -0.15) is 13.2 Å². The standard InChI is InChI=1S/C15H13BrClF3N2O4/c1-26-14(25)7-6-22(2-3-23)13(24)12(7)21-11-4-8(15(18,19)20)9(16)5-10(11)17/h4-5,21,23H,2-3,6H2,1H3. The first-order chi connectivity index (χ1) is 12.1. The zero-order chi connectivity index (χ0) is 19.6. The van der Waals surface area contributed by atoms with Crippen LogP contribution in [0.5, 0.6) is 0 Å². The van der Waals surface area contributed by atoms with Crippen LogP contribution < -0.4 is 5.32 Å². The Hall–Kier alpha value is -1.78. The van der Waals surface area contributed by atoms with E-state index in [1.807, 2.05) is 0 Å². The second-order valence-electron chi connectivity index (χ2n) is 5.23. The normalized spacial score (nSPS) is 14.9. The lowest BCUT2D eigenvalue weighted by Crippen LogP contribution is -2.31. The van der Waals surface area contributed by atoms with Gasteiger partial charge < -0.3 is 20.1 Å². The van der Waals surface area contributed by atoms with Crippen LogP contribution in [0.2, 0.25) is 5.02 Å². The van der Waals surface area contributed by atoms with Crippen molar-refractivity contribution in [3.63, 3.8) is 0 Å². The number of halogens is 5. The van der Waals surface area contributed by atoms with Crippen LogP contribution in [-0.2, 0) is 20.5 Å². The Morgan fingerprint density at radius 2 is 2.12 bits per heavy atom. The third kappa shape index (κ3) is 4.13. The molecule has 0 aromatic heterocycles. The average molecular weight is 458 g/mol. The number of methoxy groups -OCH3 is 1. The first-order valence-electron chi connectivity index (χ1n) is 7.15. The number of carbonyl (C=O) groups excluding carboxylic acids is 2. The number of benzene rings is 1. The molecule has 26 heavy (non-hydrogen) atoms. The molecular formula is C15H13BrClF3N2O4. The lowest BCUT2D eigenvalue weighted by molar-refractivity contribution is -0.138. The molecule has 6 nitrogen and oxygen atoms in total. The number of rotatable bonds is 5. The molecule has 11 heteroatoms. The number of ether oxygens (including phenoxy) is 1. The average Bonchev–Trinajstić information content (AvgIpc) is 2.85. The molecule has 1 amide bonds. The summed E-state index contributed by atoms with van der Waals surface area (Å²) < 4.78 is 43.6. The number of hydrogen-bond acceptors (Lipinski definition) is 5. The summed E-state index contributed by atoms with van der Waals surface area (Å²) in [7, 11) is 1.11. The van der Waals surface area contributed by atoms with Gasteiger partial charge in [0.2, 0.25) is 0 Å². The lowest BCUT2D eigenvalue weighted by Gasteiger charge is -2.16. The molecule has 1 heterocycles. The minimum atomic E-state index is -4.65. The van der Waals surface area contributed by atoms with E-state index in [0.717, 1.165) is 24.1 Å². The van der Waals surface area contributed by atoms with Gasteiger partial charge in [0.15, 0.2) is 0 Å². The van der Waals surface area contributed by atoms with Crippen LogP contribution in [0.3, 0.4) is 0 Å². The maximum atomic E-state index is 13.1. The Kier molecular flexibility index (Phi) is 6.20. The SMILES string of the molecule is COC(=O)C1=C(Nc2cc(C(F)(F)F)c(Br)cc2Cl)C(=O)N(CCO)C1. The lowest BCUT2D eigenvalue weighted by atomic mass is 10.1. The molecule has 1 aromatic rings. The Morgan fingerprint density at radius 1 is 1.46 bits per heavy atom. The topological polar surface area (TPSA) is 78.9 Å². The van der Waals surface area contributed by atoms with Crippen molar-refractivity contribution in [2.45, 2.75) is 6.18 Å². The van der Waals surface area contributed by atoms with Gasteiger partial charge in [0.1, 0.15) is 5.70 Å². The number of hydrogen-bond donors (Lipinski definition) is 2. The molecule has 0 fully saturated rings. The first kappa shape index (κ1) is 20.5. The van der Waals surface area contributed by atoms with Crippen LogP contribution in [-0.4, -0.2) is 48.7 Å². The molecule has 0 saturated heterocycles. The predicted molar refractivity (Wildman–Crippen MR) is 90.5 cm³/mol. The molecule has 0 saturated carbocycles. The monoisotopic (exact) mass is 456 g/mol. The minimum Gasteiger partial charge on any atom is -0.466 e. The van der Waals surface area contributed by atoms with Gasteiger partial charge in [-0.1, -0.05) is 27.5 Å². The summed E-state index contributed by atoms with van der Waals surface area (Å²) in [5.41, 5.74) is -1.51. The van der Waals surface area contributed by atoms with Crippen molar-refractivity contribution >= 4 is 45.1 Å². The number of nitrogens with zero attached hydrogens (tertiary/aromatic N) is 1. The highest BCUT2D eigenvalue weighted by Crippen LogP contribution is 2.40. The van der Waals surface area contributed by atoms with Crippen molar-refractivity contribution in [1.82, 2.24) is 4.90 Å². The molecule has 0 bridgehead atoms. The predicted octanol–water partition coefficient (Wildman–Crippen LogP) is 2.79. The Bertz CT molecular complexity index is 783. The van der Waals surface area contributed by atoms with Crippen LogP contribution in [0, 0.1) is 0 Å². The summed E-state index contributed by atoms with van der Waals surface area (Å²) >= 11 is 8.77. The molecule has 0 spiro atoms. The maximum absolute atomic E-state index is 13.1. The summed E-state index contributed by atoms with van der Waals surface area (Å²) in [6.45, 7) is -0.536. The van der Waals surface area contributed by atoms with E-state index in [2.05, 4.69) is 26.0 Å². The van der Waals surface area contributed by atoms with Gasteiger partial charge in [-0.05, 0) is 12.1 Å². The fraction of sp³-hybridized carbons (Fsp3) is 0.333. The van der Waals surface area contributed by atoms with Gasteiger partial charge in [0.05, 0.1) is 42.1 Å². The van der Waals surface area contributed by atoms with Crippen LogP contribution >= 0.6 is 27.5 Å². The summed E-state index contributed by atoms with van der Waals surface area (Å²) in [5.74, 6) is -1.47. The van der Waals surface area contributed by atoms with E-state index >= 15 is 0 Å².